The van der Waals surface area contributed by atoms with Crippen molar-refractivity contribution in [3.63, 3.8) is 0 Å². The molecule has 4 atom stereocenters. The molecule has 1 aliphatic heterocycles. The molecule has 2 aliphatic carbocycles. The zero-order valence-corrected chi connectivity index (χ0v) is 15.5. The number of β-amino-alcohol motifs (C(OH)–C–C–N with tert-alkyl or cyclic N) is 1. The summed E-state index contributed by atoms with van der Waals surface area (Å²) in [6, 6.07) is 6.95. The predicted octanol–water partition coefficient (Wildman–Crippen LogP) is 2.76. The molecule has 3 aliphatic rings. The third-order valence-corrected chi connectivity index (χ3v) is 6.56. The quantitative estimate of drug-likeness (QED) is 0.809. The molecule has 1 aromatic carbocycles. The Kier molecular flexibility index (Phi) is 5.77. The molecular weight excluding hydrogens is 331 g/mol. The van der Waals surface area contributed by atoms with Gasteiger partial charge in [0, 0.05) is 39.3 Å². The van der Waals surface area contributed by atoms with Crippen LogP contribution in [-0.4, -0.2) is 62.0 Å². The number of hydrogen-bond acceptors (Lipinski definition) is 4. The molecule has 0 aromatic heterocycles. The lowest BCUT2D eigenvalue weighted by Crippen LogP contribution is -2.49. The largest absolute Gasteiger partial charge is 0.389 e. The number of nitrogens with zero attached hydrogens (tertiary/aromatic N) is 2. The number of hydrogen-bond donors (Lipinski definition) is 1. The molecular formula is C21H31FN2O2. The number of fused-ring (bicyclic) bond motifs is 2. The van der Waals surface area contributed by atoms with Crippen LogP contribution in [0, 0.1) is 23.6 Å². The predicted molar refractivity (Wildman–Crippen MR) is 101 cm³/mol. The number of para-hydroxylation sites is 1. The van der Waals surface area contributed by atoms with Gasteiger partial charge in [-0.1, -0.05) is 18.6 Å². The minimum absolute atomic E-state index is 0.157. The molecule has 0 spiro atoms. The monoisotopic (exact) mass is 362 g/mol. The normalized spacial score (nSPS) is 30.1. The van der Waals surface area contributed by atoms with E-state index in [0.717, 1.165) is 50.5 Å². The molecule has 1 heterocycles. The summed E-state index contributed by atoms with van der Waals surface area (Å²) in [4.78, 5) is 4.34. The van der Waals surface area contributed by atoms with Crippen molar-refractivity contribution in [2.75, 3.05) is 50.8 Å². The summed E-state index contributed by atoms with van der Waals surface area (Å²) < 4.78 is 19.7. The van der Waals surface area contributed by atoms with E-state index in [2.05, 4.69) is 9.80 Å². The van der Waals surface area contributed by atoms with Crippen LogP contribution < -0.4 is 4.90 Å². The van der Waals surface area contributed by atoms with Crippen molar-refractivity contribution in [1.29, 1.82) is 0 Å². The van der Waals surface area contributed by atoms with Gasteiger partial charge in [-0.15, -0.1) is 0 Å². The molecule has 1 N–H and O–H groups in total. The van der Waals surface area contributed by atoms with E-state index in [4.69, 9.17) is 4.74 Å². The number of aliphatic hydroxyl groups excluding tert-OH is 1. The summed E-state index contributed by atoms with van der Waals surface area (Å²) >= 11 is 0. The topological polar surface area (TPSA) is 35.9 Å². The highest BCUT2D eigenvalue weighted by Crippen LogP contribution is 2.48. The van der Waals surface area contributed by atoms with Gasteiger partial charge in [-0.05, 0) is 49.1 Å². The molecule has 2 saturated carbocycles. The molecule has 1 aromatic rings. The van der Waals surface area contributed by atoms with Gasteiger partial charge in [0.15, 0.2) is 0 Å². The Labute approximate surface area is 155 Å². The second kappa shape index (κ2) is 8.24. The Morgan fingerprint density at radius 2 is 1.92 bits per heavy atom. The Hall–Kier alpha value is -1.17. The number of piperazine rings is 1. The maximum absolute atomic E-state index is 13.9. The summed E-state index contributed by atoms with van der Waals surface area (Å²) in [6.07, 6.45) is 5.10. The van der Waals surface area contributed by atoms with E-state index < -0.39 is 6.10 Å². The molecule has 144 valence electrons. The molecule has 2 bridgehead atoms. The van der Waals surface area contributed by atoms with E-state index in [-0.39, 0.29) is 5.82 Å². The van der Waals surface area contributed by atoms with Crippen LogP contribution in [-0.2, 0) is 4.74 Å². The van der Waals surface area contributed by atoms with Crippen LogP contribution in [0.15, 0.2) is 24.3 Å². The number of ether oxygens (including phenoxy) is 1. The minimum atomic E-state index is -0.436. The average Bonchev–Trinajstić information content (AvgIpc) is 3.26. The summed E-state index contributed by atoms with van der Waals surface area (Å²) in [5.41, 5.74) is 0.682. The average molecular weight is 362 g/mol. The molecule has 5 heteroatoms. The van der Waals surface area contributed by atoms with Crippen molar-refractivity contribution in [2.24, 2.45) is 17.8 Å². The van der Waals surface area contributed by atoms with Crippen LogP contribution in [0.3, 0.4) is 0 Å². The van der Waals surface area contributed by atoms with Crippen LogP contribution >= 0.6 is 0 Å². The van der Waals surface area contributed by atoms with Crippen molar-refractivity contribution in [3.05, 3.63) is 30.1 Å². The fraction of sp³-hybridized carbons (Fsp3) is 0.714. The molecule has 0 amide bonds. The summed E-state index contributed by atoms with van der Waals surface area (Å²) in [5, 5.41) is 10.3. The van der Waals surface area contributed by atoms with Crippen molar-refractivity contribution in [1.82, 2.24) is 4.90 Å². The SMILES string of the molecule is O[C@H](COC[C@H]1C[C@H]2CC[C@H]1C2)CN1CCN(c2ccccc2F)CC1. The molecule has 26 heavy (non-hydrogen) atoms. The summed E-state index contributed by atoms with van der Waals surface area (Å²) in [5.74, 6) is 2.40. The maximum Gasteiger partial charge on any atom is 0.146 e. The van der Waals surface area contributed by atoms with Gasteiger partial charge in [0.2, 0.25) is 0 Å². The number of aliphatic hydroxyl groups is 1. The van der Waals surface area contributed by atoms with Gasteiger partial charge in [-0.25, -0.2) is 4.39 Å². The molecule has 1 saturated heterocycles. The first-order chi connectivity index (χ1) is 12.7. The van der Waals surface area contributed by atoms with Crippen LogP contribution in [0.25, 0.3) is 0 Å². The zero-order chi connectivity index (χ0) is 17.9. The third-order valence-electron chi connectivity index (χ3n) is 6.56. The van der Waals surface area contributed by atoms with Crippen LogP contribution in [0.2, 0.25) is 0 Å². The first-order valence-corrected chi connectivity index (χ1v) is 10.2. The standard InChI is InChI=1S/C21H31FN2O2/c22-20-3-1-2-4-21(20)24-9-7-23(8-10-24)13-19(25)15-26-14-18-12-16-5-6-17(18)11-16/h1-4,16-19,25H,5-15H2/t16-,17-,18+,19-/m0/s1. The second-order valence-electron chi connectivity index (χ2n) is 8.37. The van der Waals surface area contributed by atoms with E-state index in [1.165, 1.54) is 31.7 Å². The highest BCUT2D eigenvalue weighted by Gasteiger charge is 2.39. The highest BCUT2D eigenvalue weighted by atomic mass is 19.1. The van der Waals surface area contributed by atoms with E-state index in [1.807, 2.05) is 12.1 Å². The Morgan fingerprint density at radius 3 is 2.62 bits per heavy atom. The highest BCUT2D eigenvalue weighted by molar-refractivity contribution is 5.47. The van der Waals surface area contributed by atoms with Crippen molar-refractivity contribution >= 4 is 5.69 Å². The molecule has 3 fully saturated rings. The van der Waals surface area contributed by atoms with Gasteiger partial charge in [-0.2, -0.15) is 0 Å². The fourth-order valence-electron chi connectivity index (χ4n) is 5.17. The first-order valence-electron chi connectivity index (χ1n) is 10.2. The number of anilines is 1. The minimum Gasteiger partial charge on any atom is -0.389 e. The number of benzene rings is 1. The van der Waals surface area contributed by atoms with E-state index in [0.29, 0.717) is 18.8 Å². The smallest absolute Gasteiger partial charge is 0.146 e. The van der Waals surface area contributed by atoms with Gasteiger partial charge in [0.1, 0.15) is 5.82 Å². The first kappa shape index (κ1) is 18.2. The lowest BCUT2D eigenvalue weighted by Gasteiger charge is -2.37. The Balaban J connectivity index is 1.14. The summed E-state index contributed by atoms with van der Waals surface area (Å²) in [7, 11) is 0. The lowest BCUT2D eigenvalue weighted by molar-refractivity contribution is -0.00275. The van der Waals surface area contributed by atoms with Gasteiger partial charge in [0.25, 0.3) is 0 Å². The van der Waals surface area contributed by atoms with E-state index in [1.54, 1.807) is 6.07 Å². The zero-order valence-electron chi connectivity index (χ0n) is 15.5. The number of halogens is 1. The fourth-order valence-corrected chi connectivity index (χ4v) is 5.17. The van der Waals surface area contributed by atoms with E-state index in [9.17, 15) is 9.50 Å². The van der Waals surface area contributed by atoms with E-state index >= 15 is 0 Å². The molecule has 0 radical (unpaired) electrons. The summed E-state index contributed by atoms with van der Waals surface area (Å²) in [6.45, 7) is 5.16. The van der Waals surface area contributed by atoms with Crippen molar-refractivity contribution < 1.29 is 14.2 Å². The van der Waals surface area contributed by atoms with Crippen LogP contribution in [0.5, 0.6) is 0 Å². The van der Waals surface area contributed by atoms with Gasteiger partial charge >= 0.3 is 0 Å². The van der Waals surface area contributed by atoms with Crippen LogP contribution in [0.4, 0.5) is 10.1 Å². The number of rotatable bonds is 7. The Bertz CT molecular complexity index is 591. The van der Waals surface area contributed by atoms with Gasteiger partial charge in [-0.3, -0.25) is 4.90 Å². The third kappa shape index (κ3) is 4.21. The van der Waals surface area contributed by atoms with Crippen LogP contribution in [0.1, 0.15) is 25.7 Å². The maximum atomic E-state index is 13.9. The molecule has 4 rings (SSSR count). The Morgan fingerprint density at radius 1 is 1.12 bits per heavy atom. The molecule has 0 unspecified atom stereocenters. The van der Waals surface area contributed by atoms with Gasteiger partial charge < -0.3 is 14.7 Å². The van der Waals surface area contributed by atoms with Gasteiger partial charge in [0.05, 0.1) is 18.4 Å². The van der Waals surface area contributed by atoms with Crippen molar-refractivity contribution in [3.8, 4) is 0 Å². The lowest BCUT2D eigenvalue weighted by atomic mass is 9.90. The second-order valence-corrected chi connectivity index (χ2v) is 8.37. The van der Waals surface area contributed by atoms with Crippen molar-refractivity contribution in [2.45, 2.75) is 31.8 Å². The molecule has 4 nitrogen and oxygen atoms in total.